The molecule has 1 atom stereocenters. The van der Waals surface area contributed by atoms with E-state index >= 15 is 0 Å². The third-order valence-electron chi connectivity index (χ3n) is 5.36. The van der Waals surface area contributed by atoms with Gasteiger partial charge in [-0.15, -0.1) is 0 Å². The van der Waals surface area contributed by atoms with Gasteiger partial charge in [-0.2, -0.15) is 0 Å². The molecule has 0 aromatic heterocycles. The van der Waals surface area contributed by atoms with E-state index in [1.165, 1.54) is 32.1 Å². The minimum absolute atomic E-state index is 0.0196. The van der Waals surface area contributed by atoms with Gasteiger partial charge in [-0.3, -0.25) is 14.9 Å². The molecule has 2 N–H and O–H groups in total. The molecule has 0 bridgehead atoms. The highest BCUT2D eigenvalue weighted by molar-refractivity contribution is 5.86. The van der Waals surface area contributed by atoms with Gasteiger partial charge in [0.25, 0.3) is 0 Å². The SMILES string of the molecule is O=C1CNC(C(=O)N2CCC3(CCCCC3)CC2)CN1. The monoisotopic (exact) mass is 279 g/mol. The Balaban J connectivity index is 1.52. The molecule has 0 aromatic rings. The molecule has 3 fully saturated rings. The van der Waals surface area contributed by atoms with Crippen LogP contribution in [0.3, 0.4) is 0 Å². The number of piperazine rings is 1. The fourth-order valence-electron chi connectivity index (χ4n) is 3.96. The highest BCUT2D eigenvalue weighted by Gasteiger charge is 2.38. The second-order valence-electron chi connectivity index (χ2n) is 6.62. The lowest BCUT2D eigenvalue weighted by Crippen LogP contribution is -2.59. The summed E-state index contributed by atoms with van der Waals surface area (Å²) in [6.45, 7) is 2.48. The minimum atomic E-state index is -0.229. The van der Waals surface area contributed by atoms with Crippen LogP contribution < -0.4 is 10.6 Å². The molecule has 0 radical (unpaired) electrons. The molecule has 112 valence electrons. The summed E-state index contributed by atoms with van der Waals surface area (Å²) < 4.78 is 0. The maximum Gasteiger partial charge on any atom is 0.241 e. The van der Waals surface area contributed by atoms with Gasteiger partial charge in [0, 0.05) is 19.6 Å². The quantitative estimate of drug-likeness (QED) is 0.741. The normalized spacial score (nSPS) is 30.1. The number of nitrogens with zero attached hydrogens (tertiary/aromatic N) is 1. The van der Waals surface area contributed by atoms with Crippen molar-refractivity contribution in [1.29, 1.82) is 0 Å². The van der Waals surface area contributed by atoms with Gasteiger partial charge in [0.05, 0.1) is 6.54 Å². The van der Waals surface area contributed by atoms with Crippen LogP contribution in [0.15, 0.2) is 0 Å². The molecule has 3 aliphatic rings. The van der Waals surface area contributed by atoms with Crippen LogP contribution in [-0.2, 0) is 9.59 Å². The van der Waals surface area contributed by atoms with Crippen molar-refractivity contribution >= 4 is 11.8 Å². The van der Waals surface area contributed by atoms with Gasteiger partial charge in [-0.05, 0) is 31.1 Å². The Hall–Kier alpha value is -1.10. The lowest BCUT2D eigenvalue weighted by Gasteiger charge is -2.45. The lowest BCUT2D eigenvalue weighted by molar-refractivity contribution is -0.137. The van der Waals surface area contributed by atoms with Crippen LogP contribution in [0.25, 0.3) is 0 Å². The van der Waals surface area contributed by atoms with E-state index in [2.05, 4.69) is 10.6 Å². The number of nitrogens with one attached hydrogen (secondary N) is 2. The molecule has 5 heteroatoms. The average molecular weight is 279 g/mol. The van der Waals surface area contributed by atoms with Gasteiger partial charge < -0.3 is 10.2 Å². The zero-order valence-corrected chi connectivity index (χ0v) is 12.1. The van der Waals surface area contributed by atoms with E-state index in [0.717, 1.165) is 25.9 Å². The summed E-state index contributed by atoms with van der Waals surface area (Å²) in [6.07, 6.45) is 9.15. The Labute approximate surface area is 120 Å². The van der Waals surface area contributed by atoms with E-state index in [9.17, 15) is 9.59 Å². The van der Waals surface area contributed by atoms with E-state index in [0.29, 0.717) is 12.0 Å². The number of hydrogen-bond donors (Lipinski definition) is 2. The number of amides is 2. The molecule has 1 saturated carbocycles. The molecule has 1 aliphatic carbocycles. The van der Waals surface area contributed by atoms with Crippen LogP contribution in [-0.4, -0.2) is 48.9 Å². The van der Waals surface area contributed by atoms with Crippen molar-refractivity contribution in [1.82, 2.24) is 15.5 Å². The van der Waals surface area contributed by atoms with Crippen LogP contribution in [0.2, 0.25) is 0 Å². The van der Waals surface area contributed by atoms with E-state index in [1.807, 2.05) is 4.90 Å². The smallest absolute Gasteiger partial charge is 0.241 e. The van der Waals surface area contributed by atoms with Crippen molar-refractivity contribution in [2.45, 2.75) is 51.0 Å². The van der Waals surface area contributed by atoms with Crippen molar-refractivity contribution in [2.24, 2.45) is 5.41 Å². The van der Waals surface area contributed by atoms with Crippen molar-refractivity contribution in [2.75, 3.05) is 26.2 Å². The first-order valence-electron chi connectivity index (χ1n) is 7.97. The first-order chi connectivity index (χ1) is 9.69. The highest BCUT2D eigenvalue weighted by Crippen LogP contribution is 2.44. The van der Waals surface area contributed by atoms with Crippen LogP contribution >= 0.6 is 0 Å². The maximum atomic E-state index is 12.4. The molecular formula is C15H25N3O2. The molecule has 3 rings (SSSR count). The van der Waals surface area contributed by atoms with Crippen LogP contribution in [0, 0.1) is 5.41 Å². The predicted molar refractivity (Wildman–Crippen MR) is 76.1 cm³/mol. The van der Waals surface area contributed by atoms with E-state index < -0.39 is 0 Å². The van der Waals surface area contributed by atoms with Crippen LogP contribution in [0.1, 0.15) is 44.9 Å². The topological polar surface area (TPSA) is 61.4 Å². The van der Waals surface area contributed by atoms with E-state index in [4.69, 9.17) is 0 Å². The Bertz CT molecular complexity index is 371. The number of likely N-dealkylation sites (tertiary alicyclic amines) is 1. The molecule has 20 heavy (non-hydrogen) atoms. The summed E-state index contributed by atoms with van der Waals surface area (Å²) in [6, 6.07) is -0.229. The van der Waals surface area contributed by atoms with Crippen molar-refractivity contribution in [3.05, 3.63) is 0 Å². The van der Waals surface area contributed by atoms with Crippen molar-refractivity contribution in [3.63, 3.8) is 0 Å². The summed E-state index contributed by atoms with van der Waals surface area (Å²) in [5, 5.41) is 5.79. The fraction of sp³-hybridized carbons (Fsp3) is 0.867. The largest absolute Gasteiger partial charge is 0.353 e. The molecule has 2 heterocycles. The summed E-state index contributed by atoms with van der Waals surface area (Å²) in [4.78, 5) is 25.5. The number of carbonyl (C=O) groups is 2. The van der Waals surface area contributed by atoms with Gasteiger partial charge in [0.2, 0.25) is 11.8 Å². The summed E-state index contributed by atoms with van der Waals surface area (Å²) in [5.74, 6) is 0.143. The fourth-order valence-corrected chi connectivity index (χ4v) is 3.96. The van der Waals surface area contributed by atoms with Gasteiger partial charge in [-0.1, -0.05) is 19.3 Å². The molecule has 2 amide bonds. The van der Waals surface area contributed by atoms with Gasteiger partial charge >= 0.3 is 0 Å². The third kappa shape index (κ3) is 2.82. The van der Waals surface area contributed by atoms with Gasteiger partial charge in [0.15, 0.2) is 0 Å². The van der Waals surface area contributed by atoms with E-state index in [-0.39, 0.29) is 24.4 Å². The molecule has 5 nitrogen and oxygen atoms in total. The van der Waals surface area contributed by atoms with Crippen molar-refractivity contribution in [3.8, 4) is 0 Å². The molecule has 0 aromatic carbocycles. The summed E-state index contributed by atoms with van der Waals surface area (Å²) in [5.41, 5.74) is 0.531. The average Bonchev–Trinajstić information content (AvgIpc) is 2.49. The molecule has 1 unspecified atom stereocenters. The Morgan fingerprint density at radius 2 is 1.80 bits per heavy atom. The number of piperidine rings is 1. The number of rotatable bonds is 1. The molecule has 2 saturated heterocycles. The van der Waals surface area contributed by atoms with Gasteiger partial charge in [-0.25, -0.2) is 0 Å². The Morgan fingerprint density at radius 3 is 2.40 bits per heavy atom. The second kappa shape index (κ2) is 5.72. The molecule has 1 spiro atoms. The minimum Gasteiger partial charge on any atom is -0.353 e. The van der Waals surface area contributed by atoms with Crippen LogP contribution in [0.5, 0.6) is 0 Å². The zero-order chi connectivity index (χ0) is 14.0. The Kier molecular flexibility index (Phi) is 3.96. The highest BCUT2D eigenvalue weighted by atomic mass is 16.2. The standard InChI is InChI=1S/C15H25N3O2/c19-13-11-16-12(10-17-13)14(20)18-8-6-15(7-9-18)4-2-1-3-5-15/h12,16H,1-11H2,(H,17,19). The molecule has 2 aliphatic heterocycles. The zero-order valence-electron chi connectivity index (χ0n) is 12.1. The summed E-state index contributed by atoms with van der Waals surface area (Å²) in [7, 11) is 0. The predicted octanol–water partition coefficient (Wildman–Crippen LogP) is 0.647. The third-order valence-corrected chi connectivity index (χ3v) is 5.36. The lowest BCUT2D eigenvalue weighted by atomic mass is 9.68. The maximum absolute atomic E-state index is 12.4. The Morgan fingerprint density at radius 1 is 1.10 bits per heavy atom. The summed E-state index contributed by atoms with van der Waals surface area (Å²) >= 11 is 0. The number of carbonyl (C=O) groups excluding carboxylic acids is 2. The van der Waals surface area contributed by atoms with Gasteiger partial charge in [0.1, 0.15) is 6.04 Å². The second-order valence-corrected chi connectivity index (χ2v) is 6.62. The first-order valence-corrected chi connectivity index (χ1v) is 7.97. The number of hydrogen-bond acceptors (Lipinski definition) is 3. The van der Waals surface area contributed by atoms with E-state index in [1.54, 1.807) is 0 Å². The van der Waals surface area contributed by atoms with Crippen molar-refractivity contribution < 1.29 is 9.59 Å². The first kappa shape index (κ1) is 13.9. The van der Waals surface area contributed by atoms with Crippen LogP contribution in [0.4, 0.5) is 0 Å². The molecular weight excluding hydrogens is 254 g/mol.